The van der Waals surface area contributed by atoms with Crippen LogP contribution in [0, 0.1) is 11.6 Å². The van der Waals surface area contributed by atoms with Crippen LogP contribution in [-0.2, 0) is 24.6 Å². The predicted octanol–water partition coefficient (Wildman–Crippen LogP) is 0.154. The van der Waals surface area contributed by atoms with E-state index in [0.29, 0.717) is 11.3 Å². The minimum Gasteiger partial charge on any atom is -0.726 e. The maximum atomic E-state index is 13.7. The molecule has 0 spiro atoms. The Bertz CT molecular complexity index is 1110. The van der Waals surface area contributed by atoms with Gasteiger partial charge in [0.2, 0.25) is 20.4 Å². The third kappa shape index (κ3) is 8.49. The van der Waals surface area contributed by atoms with Gasteiger partial charge in [0, 0.05) is 6.07 Å². The molecule has 31 heavy (non-hydrogen) atoms. The van der Waals surface area contributed by atoms with Crippen LogP contribution < -0.4 is 34.3 Å². The predicted molar refractivity (Wildman–Crippen MR) is 94.2 cm³/mol. The zero-order valence-electron chi connectivity index (χ0n) is 15.2. The second-order valence-corrected chi connectivity index (χ2v) is 10.4. The van der Waals surface area contributed by atoms with E-state index in [4.69, 9.17) is 11.6 Å². The minimum absolute atomic E-state index is 0. The second kappa shape index (κ2) is 10.7. The minimum atomic E-state index is -5.53. The number of benzene rings is 1. The van der Waals surface area contributed by atoms with Gasteiger partial charge in [0.25, 0.3) is 0 Å². The number of thiophene rings is 1. The van der Waals surface area contributed by atoms with Gasteiger partial charge in [-0.15, -0.1) is 11.3 Å². The molecule has 0 aliphatic rings. The molecule has 2 rings (SSSR count). The molecule has 17 heteroatoms. The first-order valence-corrected chi connectivity index (χ1v) is 11.5. The van der Waals surface area contributed by atoms with Gasteiger partial charge in [-0.2, -0.15) is 13.2 Å². The van der Waals surface area contributed by atoms with Crippen LogP contribution in [0.4, 0.5) is 22.0 Å². The molecule has 1 N–H and O–H groups in total. The standard InChI is InChI=1S/C14H11ClF5NO6S3.Na/c15-11-1-2-12(28-11)29(22,23)21-10(6-27-30(24,25)26)13(14(18,19)20)7-3-8(16)5-9(17)4-7;/h1-5,10,13,21H,6H2,(H,24,25,26);/q;+1/p-1/t10-,13+;/m0./s1. The second-order valence-electron chi connectivity index (χ2n) is 5.70. The van der Waals surface area contributed by atoms with Crippen molar-refractivity contribution in [2.24, 2.45) is 0 Å². The zero-order valence-corrected chi connectivity index (χ0v) is 20.4. The van der Waals surface area contributed by atoms with Crippen molar-refractivity contribution < 1.29 is 77.1 Å². The fourth-order valence-corrected chi connectivity index (χ4v) is 5.50. The topological polar surface area (TPSA) is 113 Å². The van der Waals surface area contributed by atoms with Crippen LogP contribution >= 0.6 is 22.9 Å². The van der Waals surface area contributed by atoms with Gasteiger partial charge in [-0.25, -0.2) is 30.3 Å². The Kier molecular flexibility index (Phi) is 9.91. The first kappa shape index (κ1) is 28.7. The first-order chi connectivity index (χ1) is 13.6. The van der Waals surface area contributed by atoms with Crippen molar-refractivity contribution in [2.75, 3.05) is 6.61 Å². The van der Waals surface area contributed by atoms with Crippen LogP contribution in [0.1, 0.15) is 11.5 Å². The molecule has 0 amide bonds. The summed E-state index contributed by atoms with van der Waals surface area (Å²) >= 11 is 6.08. The molecule has 1 aromatic heterocycles. The molecule has 1 heterocycles. The summed E-state index contributed by atoms with van der Waals surface area (Å²) in [6, 6.07) is 0.467. The van der Waals surface area contributed by atoms with Crippen LogP contribution in [0.25, 0.3) is 0 Å². The van der Waals surface area contributed by atoms with E-state index in [1.165, 1.54) is 0 Å². The molecule has 7 nitrogen and oxygen atoms in total. The fourth-order valence-electron chi connectivity index (χ4n) is 2.46. The molecule has 1 aromatic carbocycles. The van der Waals surface area contributed by atoms with Crippen molar-refractivity contribution >= 4 is 43.4 Å². The molecule has 0 unspecified atom stereocenters. The van der Waals surface area contributed by atoms with Crippen LogP contribution in [0.3, 0.4) is 0 Å². The van der Waals surface area contributed by atoms with Crippen molar-refractivity contribution in [3.05, 3.63) is 51.9 Å². The van der Waals surface area contributed by atoms with E-state index < -0.39 is 66.6 Å². The fraction of sp³-hybridized carbons (Fsp3) is 0.286. The van der Waals surface area contributed by atoms with E-state index in [-0.39, 0.29) is 52.1 Å². The summed E-state index contributed by atoms with van der Waals surface area (Å²) in [6.45, 7) is -1.60. The summed E-state index contributed by atoms with van der Waals surface area (Å²) in [6.07, 6.45) is -5.34. The summed E-state index contributed by atoms with van der Waals surface area (Å²) in [5.41, 5.74) is -1.07. The van der Waals surface area contributed by atoms with Crippen LogP contribution in [0.5, 0.6) is 0 Å². The normalized spacial score (nSPS) is 14.7. The number of sulfonamides is 1. The van der Waals surface area contributed by atoms with Gasteiger partial charge in [0.15, 0.2) is 0 Å². The van der Waals surface area contributed by atoms with Gasteiger partial charge in [-0.3, -0.25) is 4.18 Å². The van der Waals surface area contributed by atoms with Gasteiger partial charge >= 0.3 is 35.7 Å². The molecule has 2 atom stereocenters. The summed E-state index contributed by atoms with van der Waals surface area (Å²) < 4.78 is 130. The molecule has 0 fully saturated rings. The quantitative estimate of drug-likeness (QED) is 0.222. The Balaban J connectivity index is 0.00000480. The molecule has 0 saturated heterocycles. The smallest absolute Gasteiger partial charge is 0.726 e. The van der Waals surface area contributed by atoms with Gasteiger partial charge in [0.05, 0.1) is 22.9 Å². The van der Waals surface area contributed by atoms with Crippen molar-refractivity contribution in [3.8, 4) is 0 Å². The molecule has 168 valence electrons. The molecular formula is C14H10ClF5NNaO6S3. The van der Waals surface area contributed by atoms with Crippen molar-refractivity contribution in [1.29, 1.82) is 0 Å². The third-order valence-corrected chi connectivity index (χ3v) is 7.15. The molecule has 0 aliphatic heterocycles. The van der Waals surface area contributed by atoms with Crippen molar-refractivity contribution in [1.82, 2.24) is 4.72 Å². The average molecular weight is 538 g/mol. The maximum absolute atomic E-state index is 13.7. The number of halogens is 6. The van der Waals surface area contributed by atoms with Gasteiger partial charge < -0.3 is 4.55 Å². The van der Waals surface area contributed by atoms with E-state index >= 15 is 0 Å². The van der Waals surface area contributed by atoms with Gasteiger partial charge in [-0.1, -0.05) is 11.6 Å². The first-order valence-electron chi connectivity index (χ1n) is 7.49. The summed E-state index contributed by atoms with van der Waals surface area (Å²) in [4.78, 5) is 0. The molecule has 2 aromatic rings. The Morgan fingerprint density at radius 1 is 1.10 bits per heavy atom. The number of hydrogen-bond acceptors (Lipinski definition) is 7. The van der Waals surface area contributed by atoms with Crippen LogP contribution in [0.15, 0.2) is 34.5 Å². The maximum Gasteiger partial charge on any atom is 1.00 e. The summed E-state index contributed by atoms with van der Waals surface area (Å²) in [7, 11) is -10.3. The molecule has 0 saturated carbocycles. The van der Waals surface area contributed by atoms with E-state index in [0.717, 1.165) is 12.1 Å². The zero-order chi connectivity index (χ0) is 22.9. The SMILES string of the molecule is O=S(=O)([O-])OC[C@H](NS(=O)(=O)c1ccc(Cl)s1)[C@@H](c1cc(F)cc(F)c1)C(F)(F)F.[Na+]. The van der Waals surface area contributed by atoms with Gasteiger partial charge in [0.1, 0.15) is 15.8 Å². The summed E-state index contributed by atoms with van der Waals surface area (Å²) in [5, 5.41) is 0. The Labute approximate surface area is 204 Å². The molecular weight excluding hydrogens is 528 g/mol. The number of rotatable bonds is 8. The van der Waals surface area contributed by atoms with Crippen LogP contribution in [0.2, 0.25) is 4.34 Å². The van der Waals surface area contributed by atoms with E-state index in [1.807, 2.05) is 0 Å². The Morgan fingerprint density at radius 2 is 1.65 bits per heavy atom. The van der Waals surface area contributed by atoms with E-state index in [9.17, 15) is 43.3 Å². The van der Waals surface area contributed by atoms with E-state index in [1.54, 1.807) is 4.72 Å². The average Bonchev–Trinajstić information content (AvgIpc) is 2.97. The molecule has 0 radical (unpaired) electrons. The van der Waals surface area contributed by atoms with E-state index in [2.05, 4.69) is 4.18 Å². The number of nitrogens with one attached hydrogen (secondary N) is 1. The Morgan fingerprint density at radius 3 is 2.06 bits per heavy atom. The third-order valence-electron chi connectivity index (χ3n) is 3.51. The number of hydrogen-bond donors (Lipinski definition) is 1. The largest absolute Gasteiger partial charge is 1.00 e. The molecule has 0 bridgehead atoms. The molecule has 0 aliphatic carbocycles. The number of alkyl halides is 3. The summed E-state index contributed by atoms with van der Waals surface area (Å²) in [5.74, 6) is -5.78. The van der Waals surface area contributed by atoms with Crippen molar-refractivity contribution in [3.63, 3.8) is 0 Å². The Hall–Kier alpha value is -0.360. The van der Waals surface area contributed by atoms with Crippen LogP contribution in [-0.4, -0.2) is 40.2 Å². The van der Waals surface area contributed by atoms with Crippen molar-refractivity contribution in [2.45, 2.75) is 22.3 Å². The monoisotopic (exact) mass is 537 g/mol. The van der Waals surface area contributed by atoms with Gasteiger partial charge in [-0.05, 0) is 29.8 Å².